The first-order chi connectivity index (χ1) is 12.1. The topological polar surface area (TPSA) is 112 Å². The lowest BCUT2D eigenvalue weighted by atomic mass is 10.1. The van der Waals surface area contributed by atoms with E-state index in [4.69, 9.17) is 5.11 Å². The maximum Gasteiger partial charge on any atom is 0.337 e. The van der Waals surface area contributed by atoms with E-state index in [1.165, 1.54) is 12.3 Å². The van der Waals surface area contributed by atoms with E-state index < -0.39 is 5.97 Å². The van der Waals surface area contributed by atoms with Crippen LogP contribution in [0.5, 0.6) is 0 Å². The molecule has 2 N–H and O–H groups in total. The van der Waals surface area contributed by atoms with Gasteiger partial charge in [-0.2, -0.15) is 5.10 Å². The van der Waals surface area contributed by atoms with Gasteiger partial charge in [-0.3, -0.25) is 19.9 Å². The lowest BCUT2D eigenvalue weighted by Gasteiger charge is -2.15. The molecule has 1 amide bonds. The lowest BCUT2D eigenvalue weighted by molar-refractivity contribution is 0.0695. The molecule has 4 rings (SSSR count). The van der Waals surface area contributed by atoms with Gasteiger partial charge in [-0.25, -0.2) is 4.79 Å². The summed E-state index contributed by atoms with van der Waals surface area (Å²) in [5.74, 6) is -1.18. The fraction of sp³-hybridized carbons (Fsp3) is 0.118. The van der Waals surface area contributed by atoms with Crippen molar-refractivity contribution in [1.29, 1.82) is 0 Å². The standard InChI is InChI=1S/C17H13N5O3/c23-16(13-3-1-2-6-18-13)22-8-11-14(9-22)20-21-15(11)12-5-4-10(7-19-12)17(24)25/h1-7H,8-9H2,(H,20,21)(H,24,25). The number of aromatic nitrogens is 4. The van der Waals surface area contributed by atoms with Crippen LogP contribution in [0.25, 0.3) is 11.4 Å². The van der Waals surface area contributed by atoms with Crippen molar-refractivity contribution in [2.24, 2.45) is 0 Å². The van der Waals surface area contributed by atoms with Gasteiger partial charge in [-0.15, -0.1) is 0 Å². The first kappa shape index (κ1) is 15.0. The molecule has 0 unspecified atom stereocenters. The number of aromatic amines is 1. The Kier molecular flexibility index (Phi) is 3.50. The van der Waals surface area contributed by atoms with Gasteiger partial charge in [0.25, 0.3) is 5.91 Å². The molecule has 3 aromatic heterocycles. The van der Waals surface area contributed by atoms with Crippen LogP contribution in [0.2, 0.25) is 0 Å². The number of aromatic carboxylic acids is 1. The van der Waals surface area contributed by atoms with Crippen LogP contribution >= 0.6 is 0 Å². The SMILES string of the molecule is O=C(O)c1ccc(-c2n[nH]c3c2CN(C(=O)c2ccccn2)C3)nc1. The highest BCUT2D eigenvalue weighted by Crippen LogP contribution is 2.30. The average molecular weight is 335 g/mol. The molecule has 0 saturated heterocycles. The molecule has 0 spiro atoms. The number of hydrogen-bond donors (Lipinski definition) is 2. The number of H-pyrrole nitrogens is 1. The van der Waals surface area contributed by atoms with Crippen LogP contribution in [-0.4, -0.2) is 42.0 Å². The molecule has 8 nitrogen and oxygen atoms in total. The third-order valence-corrected chi connectivity index (χ3v) is 4.08. The lowest BCUT2D eigenvalue weighted by Crippen LogP contribution is -2.26. The third-order valence-electron chi connectivity index (χ3n) is 4.08. The van der Waals surface area contributed by atoms with Crippen molar-refractivity contribution < 1.29 is 14.7 Å². The van der Waals surface area contributed by atoms with Crippen molar-refractivity contribution in [3.8, 4) is 11.4 Å². The molecule has 8 heteroatoms. The minimum atomic E-state index is -1.03. The maximum atomic E-state index is 12.5. The zero-order chi connectivity index (χ0) is 17.4. The number of nitrogens with one attached hydrogen (secondary N) is 1. The number of amides is 1. The number of hydrogen-bond acceptors (Lipinski definition) is 5. The van der Waals surface area contributed by atoms with E-state index in [0.29, 0.717) is 30.2 Å². The number of nitrogens with zero attached hydrogens (tertiary/aromatic N) is 4. The molecule has 0 saturated carbocycles. The number of carbonyl (C=O) groups is 2. The molecule has 0 bridgehead atoms. The molecule has 1 aliphatic rings. The zero-order valence-electron chi connectivity index (χ0n) is 13.0. The van der Waals surface area contributed by atoms with Crippen molar-refractivity contribution in [3.05, 3.63) is 65.2 Å². The molecule has 0 radical (unpaired) electrons. The van der Waals surface area contributed by atoms with Crippen molar-refractivity contribution in [2.45, 2.75) is 13.1 Å². The normalized spacial score (nSPS) is 12.9. The fourth-order valence-electron chi connectivity index (χ4n) is 2.81. The first-order valence-electron chi connectivity index (χ1n) is 7.59. The predicted octanol–water partition coefficient (Wildman–Crippen LogP) is 1.72. The Bertz CT molecular complexity index is 950. The van der Waals surface area contributed by atoms with Crippen LogP contribution < -0.4 is 0 Å². The van der Waals surface area contributed by atoms with Crippen LogP contribution in [0.15, 0.2) is 42.7 Å². The van der Waals surface area contributed by atoms with Crippen LogP contribution in [0.3, 0.4) is 0 Å². The van der Waals surface area contributed by atoms with Gasteiger partial charge in [0.1, 0.15) is 11.4 Å². The molecule has 3 aromatic rings. The molecule has 0 aromatic carbocycles. The summed E-state index contributed by atoms with van der Waals surface area (Å²) in [7, 11) is 0. The second-order valence-corrected chi connectivity index (χ2v) is 5.64. The summed E-state index contributed by atoms with van der Waals surface area (Å²) in [6, 6.07) is 8.31. The largest absolute Gasteiger partial charge is 0.478 e. The highest BCUT2D eigenvalue weighted by Gasteiger charge is 2.30. The highest BCUT2D eigenvalue weighted by molar-refractivity contribution is 5.92. The molecule has 124 valence electrons. The van der Waals surface area contributed by atoms with Crippen LogP contribution in [0, 0.1) is 0 Å². The Hall–Kier alpha value is -3.55. The van der Waals surface area contributed by atoms with Gasteiger partial charge < -0.3 is 10.0 Å². The summed E-state index contributed by atoms with van der Waals surface area (Å²) in [4.78, 5) is 33.4. The average Bonchev–Trinajstić information content (AvgIpc) is 3.22. The van der Waals surface area contributed by atoms with E-state index in [9.17, 15) is 9.59 Å². The summed E-state index contributed by atoms with van der Waals surface area (Å²) in [6.45, 7) is 0.823. The summed E-state index contributed by atoms with van der Waals surface area (Å²) < 4.78 is 0. The fourth-order valence-corrected chi connectivity index (χ4v) is 2.81. The minimum Gasteiger partial charge on any atom is -0.478 e. The number of pyridine rings is 2. The molecule has 1 aliphatic heterocycles. The first-order valence-corrected chi connectivity index (χ1v) is 7.59. The Morgan fingerprint density at radius 2 is 2.00 bits per heavy atom. The van der Waals surface area contributed by atoms with Crippen molar-refractivity contribution in [1.82, 2.24) is 25.1 Å². The summed E-state index contributed by atoms with van der Waals surface area (Å²) in [5, 5.41) is 16.2. The van der Waals surface area contributed by atoms with Crippen LogP contribution in [0.4, 0.5) is 0 Å². The van der Waals surface area contributed by atoms with Gasteiger partial charge in [-0.1, -0.05) is 6.07 Å². The van der Waals surface area contributed by atoms with Crippen LogP contribution in [-0.2, 0) is 13.1 Å². The van der Waals surface area contributed by atoms with E-state index in [1.54, 1.807) is 35.4 Å². The van der Waals surface area contributed by atoms with Gasteiger partial charge in [-0.05, 0) is 24.3 Å². The van der Waals surface area contributed by atoms with Gasteiger partial charge in [0.15, 0.2) is 0 Å². The van der Waals surface area contributed by atoms with Gasteiger partial charge in [0, 0.05) is 18.0 Å². The number of rotatable bonds is 3. The Balaban J connectivity index is 1.59. The van der Waals surface area contributed by atoms with Gasteiger partial charge in [0.05, 0.1) is 30.0 Å². The maximum absolute atomic E-state index is 12.5. The van der Waals surface area contributed by atoms with E-state index in [-0.39, 0.29) is 11.5 Å². The predicted molar refractivity (Wildman–Crippen MR) is 86.6 cm³/mol. The van der Waals surface area contributed by atoms with E-state index in [0.717, 1.165) is 11.3 Å². The second kappa shape index (κ2) is 5.82. The summed E-state index contributed by atoms with van der Waals surface area (Å²) in [5.41, 5.74) is 3.44. The zero-order valence-corrected chi connectivity index (χ0v) is 13.0. The van der Waals surface area contributed by atoms with Gasteiger partial charge in [0.2, 0.25) is 0 Å². The molecular formula is C17H13N5O3. The number of fused-ring (bicyclic) bond motifs is 1. The monoisotopic (exact) mass is 335 g/mol. The minimum absolute atomic E-state index is 0.114. The van der Waals surface area contributed by atoms with Crippen molar-refractivity contribution in [2.75, 3.05) is 0 Å². The molecule has 25 heavy (non-hydrogen) atoms. The van der Waals surface area contributed by atoms with E-state index >= 15 is 0 Å². The molecule has 4 heterocycles. The Morgan fingerprint density at radius 1 is 1.12 bits per heavy atom. The second-order valence-electron chi connectivity index (χ2n) is 5.64. The number of carboxylic acid groups (broad SMARTS) is 1. The van der Waals surface area contributed by atoms with Gasteiger partial charge >= 0.3 is 5.97 Å². The van der Waals surface area contributed by atoms with Crippen LogP contribution in [0.1, 0.15) is 32.1 Å². The van der Waals surface area contributed by atoms with E-state index in [1.807, 2.05) is 0 Å². The molecule has 0 aliphatic carbocycles. The van der Waals surface area contributed by atoms with E-state index in [2.05, 4.69) is 20.2 Å². The number of carbonyl (C=O) groups excluding carboxylic acids is 1. The molecule has 0 fully saturated rings. The summed E-state index contributed by atoms with van der Waals surface area (Å²) >= 11 is 0. The third kappa shape index (κ3) is 2.63. The number of carboxylic acids is 1. The smallest absolute Gasteiger partial charge is 0.337 e. The quantitative estimate of drug-likeness (QED) is 0.754. The Morgan fingerprint density at radius 3 is 2.68 bits per heavy atom. The van der Waals surface area contributed by atoms with Crippen molar-refractivity contribution in [3.63, 3.8) is 0 Å². The van der Waals surface area contributed by atoms with Crippen molar-refractivity contribution >= 4 is 11.9 Å². The Labute approximate surface area is 142 Å². The molecular weight excluding hydrogens is 322 g/mol. The highest BCUT2D eigenvalue weighted by atomic mass is 16.4. The summed E-state index contributed by atoms with van der Waals surface area (Å²) in [6.07, 6.45) is 2.88. The molecule has 0 atom stereocenters.